The molecule has 1 aromatic heterocycles. The topological polar surface area (TPSA) is 25.8 Å². The molecule has 0 N–H and O–H groups in total. The number of halogens is 1. The van der Waals surface area contributed by atoms with Crippen molar-refractivity contribution in [2.45, 2.75) is 13.8 Å². The van der Waals surface area contributed by atoms with Gasteiger partial charge in [-0.1, -0.05) is 0 Å². The van der Waals surface area contributed by atoms with Crippen molar-refractivity contribution < 1.29 is 0 Å². The van der Waals surface area contributed by atoms with Crippen LogP contribution in [0.1, 0.15) is 11.3 Å². The molecule has 1 aromatic rings. The van der Waals surface area contributed by atoms with E-state index >= 15 is 0 Å². The summed E-state index contributed by atoms with van der Waals surface area (Å²) in [4.78, 5) is 0. The predicted molar refractivity (Wildman–Crippen MR) is 44.2 cm³/mol. The summed E-state index contributed by atoms with van der Waals surface area (Å²) in [5.41, 5.74) is 2.21. The first-order valence-electron chi connectivity index (χ1n) is 2.66. The number of rotatable bonds is 0. The second-order valence-electron chi connectivity index (χ2n) is 1.94. The van der Waals surface area contributed by atoms with Gasteiger partial charge in [-0.25, -0.2) is 0 Å². The molecule has 1 heterocycles. The van der Waals surface area contributed by atoms with Crippen molar-refractivity contribution in [1.82, 2.24) is 10.2 Å². The SMILES string of the molecule is Cc1cc(I)nnc1C. The average molecular weight is 234 g/mol. The highest BCUT2D eigenvalue weighted by atomic mass is 127. The van der Waals surface area contributed by atoms with Crippen LogP contribution in [0, 0.1) is 17.5 Å². The molecule has 1 rings (SSSR count). The van der Waals surface area contributed by atoms with Crippen molar-refractivity contribution in [3.8, 4) is 0 Å². The van der Waals surface area contributed by atoms with Crippen LogP contribution in [0.2, 0.25) is 0 Å². The van der Waals surface area contributed by atoms with Gasteiger partial charge in [0.25, 0.3) is 0 Å². The molecule has 0 unspecified atom stereocenters. The van der Waals surface area contributed by atoms with Gasteiger partial charge in [-0.2, -0.15) is 5.10 Å². The molecule has 0 aliphatic carbocycles. The number of hydrogen-bond donors (Lipinski definition) is 0. The van der Waals surface area contributed by atoms with Crippen LogP contribution in [0.25, 0.3) is 0 Å². The summed E-state index contributed by atoms with van der Waals surface area (Å²) in [5, 5.41) is 7.80. The molecular weight excluding hydrogens is 227 g/mol. The molecule has 0 aliphatic heterocycles. The third-order valence-electron chi connectivity index (χ3n) is 1.20. The fourth-order valence-corrected chi connectivity index (χ4v) is 1.09. The van der Waals surface area contributed by atoms with Crippen LogP contribution >= 0.6 is 22.6 Å². The zero-order chi connectivity index (χ0) is 6.85. The van der Waals surface area contributed by atoms with Gasteiger partial charge in [0.15, 0.2) is 0 Å². The highest BCUT2D eigenvalue weighted by Crippen LogP contribution is 2.04. The number of nitrogens with zero attached hydrogens (tertiary/aromatic N) is 2. The van der Waals surface area contributed by atoms with Crippen molar-refractivity contribution in [2.75, 3.05) is 0 Å². The monoisotopic (exact) mass is 234 g/mol. The third kappa shape index (κ3) is 1.61. The van der Waals surface area contributed by atoms with Gasteiger partial charge in [-0.15, -0.1) is 5.10 Å². The molecule has 0 aliphatic rings. The van der Waals surface area contributed by atoms with E-state index in [4.69, 9.17) is 0 Å². The maximum Gasteiger partial charge on any atom is 0.124 e. The Hall–Kier alpha value is -0.190. The molecule has 3 heteroatoms. The molecule has 2 nitrogen and oxygen atoms in total. The van der Waals surface area contributed by atoms with Crippen LogP contribution in [-0.2, 0) is 0 Å². The molecule has 0 saturated carbocycles. The fourth-order valence-electron chi connectivity index (χ4n) is 0.514. The van der Waals surface area contributed by atoms with Crippen molar-refractivity contribution in [2.24, 2.45) is 0 Å². The fraction of sp³-hybridized carbons (Fsp3) is 0.333. The molecule has 0 aromatic carbocycles. The number of aromatic nitrogens is 2. The van der Waals surface area contributed by atoms with Gasteiger partial charge >= 0.3 is 0 Å². The molecule has 0 amide bonds. The third-order valence-corrected chi connectivity index (χ3v) is 1.73. The van der Waals surface area contributed by atoms with Crippen molar-refractivity contribution >= 4 is 22.6 Å². The summed E-state index contributed by atoms with van der Waals surface area (Å²) in [6.45, 7) is 3.99. The van der Waals surface area contributed by atoms with Gasteiger partial charge in [0, 0.05) is 0 Å². The molecule has 0 spiro atoms. The smallest absolute Gasteiger partial charge is 0.124 e. The van der Waals surface area contributed by atoms with Gasteiger partial charge in [0.2, 0.25) is 0 Å². The molecule has 0 saturated heterocycles. The Morgan fingerprint density at radius 1 is 1.33 bits per heavy atom. The number of aryl methyl sites for hydroxylation is 2. The van der Waals surface area contributed by atoms with E-state index < -0.39 is 0 Å². The van der Waals surface area contributed by atoms with Crippen molar-refractivity contribution in [3.63, 3.8) is 0 Å². The van der Waals surface area contributed by atoms with Crippen LogP contribution < -0.4 is 0 Å². The molecule has 0 bridgehead atoms. The van der Waals surface area contributed by atoms with E-state index in [1.807, 2.05) is 19.9 Å². The van der Waals surface area contributed by atoms with Crippen molar-refractivity contribution in [1.29, 1.82) is 0 Å². The Morgan fingerprint density at radius 3 is 2.44 bits per heavy atom. The maximum absolute atomic E-state index is 3.92. The zero-order valence-electron chi connectivity index (χ0n) is 5.35. The first-order valence-corrected chi connectivity index (χ1v) is 3.74. The van der Waals surface area contributed by atoms with Crippen molar-refractivity contribution in [3.05, 3.63) is 21.0 Å². The summed E-state index contributed by atoms with van der Waals surface area (Å²) in [5.74, 6) is 0. The molecule has 0 fully saturated rings. The second-order valence-corrected chi connectivity index (χ2v) is 3.04. The lowest BCUT2D eigenvalue weighted by Gasteiger charge is -1.94. The molecule has 0 radical (unpaired) electrons. The van der Waals surface area contributed by atoms with Crippen LogP contribution in [0.5, 0.6) is 0 Å². The minimum absolute atomic E-state index is 0.954. The Morgan fingerprint density at radius 2 is 2.00 bits per heavy atom. The summed E-state index contributed by atoms with van der Waals surface area (Å²) in [7, 11) is 0. The lowest BCUT2D eigenvalue weighted by atomic mass is 10.3. The molecule has 0 atom stereocenters. The van der Waals surface area contributed by atoms with Gasteiger partial charge < -0.3 is 0 Å². The summed E-state index contributed by atoms with van der Waals surface area (Å²) in [6, 6.07) is 2.02. The standard InChI is InChI=1S/C6H7IN2/c1-4-3-6(7)9-8-5(4)2/h3H,1-2H3. The normalized spacial score (nSPS) is 9.67. The lowest BCUT2D eigenvalue weighted by Crippen LogP contribution is -1.91. The van der Waals surface area contributed by atoms with Crippen LogP contribution in [0.15, 0.2) is 6.07 Å². The van der Waals surface area contributed by atoms with E-state index in [9.17, 15) is 0 Å². The highest BCUT2D eigenvalue weighted by molar-refractivity contribution is 14.1. The van der Waals surface area contributed by atoms with Crippen LogP contribution in [0.3, 0.4) is 0 Å². The van der Waals surface area contributed by atoms with E-state index in [1.165, 1.54) is 5.56 Å². The largest absolute Gasteiger partial charge is 0.155 e. The summed E-state index contributed by atoms with van der Waals surface area (Å²) < 4.78 is 0.954. The van der Waals surface area contributed by atoms with E-state index in [0.29, 0.717) is 0 Å². The average Bonchev–Trinajstić information content (AvgIpc) is 1.80. The zero-order valence-corrected chi connectivity index (χ0v) is 7.51. The second kappa shape index (κ2) is 2.60. The minimum Gasteiger partial charge on any atom is -0.155 e. The Labute approximate surface area is 67.8 Å². The first kappa shape index (κ1) is 6.92. The molecule has 48 valence electrons. The Bertz CT molecular complexity index is 222. The maximum atomic E-state index is 3.92. The number of hydrogen-bond acceptors (Lipinski definition) is 2. The minimum atomic E-state index is 0.954. The molecular formula is C6H7IN2. The van der Waals surface area contributed by atoms with Gasteiger partial charge in [-0.05, 0) is 48.1 Å². The van der Waals surface area contributed by atoms with E-state index in [-0.39, 0.29) is 0 Å². The summed E-state index contributed by atoms with van der Waals surface area (Å²) >= 11 is 2.15. The first-order chi connectivity index (χ1) is 4.20. The van der Waals surface area contributed by atoms with Crippen LogP contribution in [0.4, 0.5) is 0 Å². The van der Waals surface area contributed by atoms with Crippen LogP contribution in [-0.4, -0.2) is 10.2 Å². The van der Waals surface area contributed by atoms with E-state index in [1.54, 1.807) is 0 Å². The predicted octanol–water partition coefficient (Wildman–Crippen LogP) is 1.70. The van der Waals surface area contributed by atoms with E-state index in [0.717, 1.165) is 9.39 Å². The highest BCUT2D eigenvalue weighted by Gasteiger charge is 1.93. The quantitative estimate of drug-likeness (QED) is 0.638. The van der Waals surface area contributed by atoms with Gasteiger partial charge in [-0.3, -0.25) is 0 Å². The van der Waals surface area contributed by atoms with E-state index in [2.05, 4.69) is 32.8 Å². The Balaban J connectivity index is 3.17. The lowest BCUT2D eigenvalue weighted by molar-refractivity contribution is 0.939. The van der Waals surface area contributed by atoms with Gasteiger partial charge in [0.1, 0.15) is 3.70 Å². The Kier molecular flexibility index (Phi) is 2.00. The van der Waals surface area contributed by atoms with Gasteiger partial charge in [0.05, 0.1) is 5.69 Å². The summed E-state index contributed by atoms with van der Waals surface area (Å²) in [6.07, 6.45) is 0. The molecule has 9 heavy (non-hydrogen) atoms.